The van der Waals surface area contributed by atoms with Gasteiger partial charge in [-0.2, -0.15) is 0 Å². The molecule has 5 nitrogen and oxygen atoms in total. The molecule has 0 fully saturated rings. The number of para-hydroxylation sites is 1. The van der Waals surface area contributed by atoms with Gasteiger partial charge in [-0.3, -0.25) is 14.2 Å². The first-order chi connectivity index (χ1) is 12.4. The van der Waals surface area contributed by atoms with Gasteiger partial charge in [0, 0.05) is 0 Å². The normalized spacial score (nSPS) is 12.2. The van der Waals surface area contributed by atoms with Crippen LogP contribution in [0.15, 0.2) is 47.5 Å². The second kappa shape index (κ2) is 7.12. The van der Waals surface area contributed by atoms with Crippen molar-refractivity contribution in [2.45, 2.75) is 40.3 Å². The summed E-state index contributed by atoms with van der Waals surface area (Å²) in [6, 6.07) is 11.5. The largest absolute Gasteiger partial charge is 0.348 e. The molecular weight excluding hydrogens is 326 g/mol. The van der Waals surface area contributed by atoms with Crippen molar-refractivity contribution in [3.05, 3.63) is 75.3 Å². The van der Waals surface area contributed by atoms with Crippen LogP contribution >= 0.6 is 0 Å². The van der Waals surface area contributed by atoms with Gasteiger partial charge in [0.05, 0.1) is 23.3 Å². The highest BCUT2D eigenvalue weighted by Crippen LogP contribution is 2.17. The molecule has 0 aliphatic rings. The van der Waals surface area contributed by atoms with Crippen molar-refractivity contribution in [1.29, 1.82) is 0 Å². The molecule has 3 aromatic rings. The maximum absolute atomic E-state index is 12.6. The molecule has 1 atom stereocenters. The van der Waals surface area contributed by atoms with Crippen molar-refractivity contribution in [1.82, 2.24) is 14.9 Å². The first-order valence-electron chi connectivity index (χ1n) is 8.68. The molecule has 26 heavy (non-hydrogen) atoms. The summed E-state index contributed by atoms with van der Waals surface area (Å²) in [6.45, 7) is 7.91. The fourth-order valence-corrected chi connectivity index (χ4v) is 3.01. The van der Waals surface area contributed by atoms with E-state index in [4.69, 9.17) is 0 Å². The summed E-state index contributed by atoms with van der Waals surface area (Å²) in [5.41, 5.74) is 4.87. The van der Waals surface area contributed by atoms with Crippen LogP contribution in [0.25, 0.3) is 10.9 Å². The molecule has 0 bridgehead atoms. The Bertz CT molecular complexity index is 1040. The van der Waals surface area contributed by atoms with Crippen LogP contribution < -0.4 is 10.9 Å². The average Bonchev–Trinajstić information content (AvgIpc) is 2.60. The van der Waals surface area contributed by atoms with Crippen molar-refractivity contribution in [3.63, 3.8) is 0 Å². The summed E-state index contributed by atoms with van der Waals surface area (Å²) in [5.74, 6) is -0.216. The zero-order chi connectivity index (χ0) is 18.8. The summed E-state index contributed by atoms with van der Waals surface area (Å²) in [7, 11) is 0. The number of aromatic nitrogens is 2. The third kappa shape index (κ3) is 3.52. The fraction of sp³-hybridized carbons (Fsp3) is 0.286. The molecule has 1 aromatic heterocycles. The lowest BCUT2D eigenvalue weighted by molar-refractivity contribution is -0.122. The predicted molar refractivity (Wildman–Crippen MR) is 103 cm³/mol. The molecule has 0 spiro atoms. The van der Waals surface area contributed by atoms with Gasteiger partial charge in [-0.05, 0) is 56.0 Å². The number of carbonyl (C=O) groups excluding carboxylic acids is 1. The quantitative estimate of drug-likeness (QED) is 0.787. The Morgan fingerprint density at radius 3 is 2.62 bits per heavy atom. The summed E-state index contributed by atoms with van der Waals surface area (Å²) in [5, 5.41) is 3.48. The molecule has 134 valence electrons. The Labute approximate surface area is 152 Å². The number of hydrogen-bond acceptors (Lipinski definition) is 3. The van der Waals surface area contributed by atoms with Gasteiger partial charge in [0.15, 0.2) is 0 Å². The van der Waals surface area contributed by atoms with E-state index in [-0.39, 0.29) is 24.1 Å². The number of aryl methyl sites for hydroxylation is 3. The smallest absolute Gasteiger partial charge is 0.261 e. The minimum absolute atomic E-state index is 0.0507. The van der Waals surface area contributed by atoms with Crippen LogP contribution in [0.5, 0.6) is 0 Å². The van der Waals surface area contributed by atoms with Crippen LogP contribution in [-0.4, -0.2) is 15.5 Å². The summed E-state index contributed by atoms with van der Waals surface area (Å²) >= 11 is 0. The Kier molecular flexibility index (Phi) is 4.89. The van der Waals surface area contributed by atoms with E-state index in [2.05, 4.69) is 30.2 Å². The summed E-state index contributed by atoms with van der Waals surface area (Å²) in [6.07, 6.45) is 1.44. The third-order valence-corrected chi connectivity index (χ3v) is 4.78. The second-order valence-electron chi connectivity index (χ2n) is 6.78. The second-order valence-corrected chi connectivity index (χ2v) is 6.78. The zero-order valence-electron chi connectivity index (χ0n) is 15.5. The van der Waals surface area contributed by atoms with Gasteiger partial charge in [-0.1, -0.05) is 30.3 Å². The van der Waals surface area contributed by atoms with E-state index in [9.17, 15) is 9.59 Å². The van der Waals surface area contributed by atoms with Crippen LogP contribution in [0, 0.1) is 20.8 Å². The highest BCUT2D eigenvalue weighted by Gasteiger charge is 2.13. The van der Waals surface area contributed by atoms with Crippen molar-refractivity contribution in [3.8, 4) is 0 Å². The third-order valence-electron chi connectivity index (χ3n) is 4.78. The van der Waals surface area contributed by atoms with Gasteiger partial charge >= 0.3 is 0 Å². The molecule has 1 unspecified atom stereocenters. The van der Waals surface area contributed by atoms with Crippen LogP contribution in [0.2, 0.25) is 0 Å². The van der Waals surface area contributed by atoms with Crippen molar-refractivity contribution in [2.75, 3.05) is 0 Å². The van der Waals surface area contributed by atoms with E-state index in [0.717, 1.165) is 11.1 Å². The molecule has 0 saturated heterocycles. The summed E-state index contributed by atoms with van der Waals surface area (Å²) < 4.78 is 1.35. The van der Waals surface area contributed by atoms with Gasteiger partial charge in [0.2, 0.25) is 5.91 Å². The van der Waals surface area contributed by atoms with E-state index in [1.807, 2.05) is 38.1 Å². The van der Waals surface area contributed by atoms with Crippen LogP contribution in [0.3, 0.4) is 0 Å². The number of carbonyl (C=O) groups is 1. The van der Waals surface area contributed by atoms with E-state index >= 15 is 0 Å². The Balaban J connectivity index is 1.77. The molecule has 3 rings (SSSR count). The van der Waals surface area contributed by atoms with Gasteiger partial charge in [0.25, 0.3) is 5.56 Å². The number of nitrogens with zero attached hydrogens (tertiary/aromatic N) is 2. The number of fused-ring (bicyclic) bond motifs is 1. The lowest BCUT2D eigenvalue weighted by Gasteiger charge is -2.16. The van der Waals surface area contributed by atoms with E-state index in [0.29, 0.717) is 10.9 Å². The average molecular weight is 349 g/mol. The lowest BCUT2D eigenvalue weighted by atomic mass is 10.0. The van der Waals surface area contributed by atoms with Crippen molar-refractivity contribution in [2.24, 2.45) is 0 Å². The molecule has 0 aliphatic carbocycles. The predicted octanol–water partition coefficient (Wildman–Crippen LogP) is 3.20. The molecule has 0 aliphatic heterocycles. The van der Waals surface area contributed by atoms with Gasteiger partial charge in [-0.15, -0.1) is 0 Å². The first kappa shape index (κ1) is 17.9. The van der Waals surface area contributed by atoms with Gasteiger partial charge in [-0.25, -0.2) is 4.98 Å². The minimum Gasteiger partial charge on any atom is -0.348 e. The maximum atomic E-state index is 12.6. The van der Waals surface area contributed by atoms with Crippen LogP contribution in [-0.2, 0) is 11.3 Å². The monoisotopic (exact) mass is 349 g/mol. The number of hydrogen-bond donors (Lipinski definition) is 1. The van der Waals surface area contributed by atoms with E-state index < -0.39 is 0 Å². The molecule has 5 heteroatoms. The van der Waals surface area contributed by atoms with E-state index in [1.165, 1.54) is 22.0 Å². The van der Waals surface area contributed by atoms with Crippen LogP contribution in [0.1, 0.15) is 35.2 Å². The number of nitrogens with one attached hydrogen (secondary N) is 1. The molecule has 1 amide bonds. The SMILES string of the molecule is Cc1ccc(C(C)NC(=O)Cn2cnc3c(C)cccc3c2=O)cc1C. The Hall–Kier alpha value is -2.95. The topological polar surface area (TPSA) is 64.0 Å². The standard InChI is InChI=1S/C21H23N3O2/c1-13-8-9-17(10-15(13)3)16(4)23-19(25)11-24-12-22-20-14(2)6-5-7-18(20)21(24)26/h5-10,12,16H,11H2,1-4H3,(H,23,25). The molecule has 2 aromatic carbocycles. The fourth-order valence-electron chi connectivity index (χ4n) is 3.01. The van der Waals surface area contributed by atoms with Gasteiger partial charge in [0.1, 0.15) is 6.54 Å². The molecule has 0 radical (unpaired) electrons. The number of amides is 1. The molecule has 1 N–H and O–H groups in total. The Morgan fingerprint density at radius 1 is 1.12 bits per heavy atom. The minimum atomic E-state index is -0.216. The first-order valence-corrected chi connectivity index (χ1v) is 8.68. The number of benzene rings is 2. The highest BCUT2D eigenvalue weighted by molar-refractivity contribution is 5.81. The number of rotatable bonds is 4. The van der Waals surface area contributed by atoms with Crippen molar-refractivity contribution >= 4 is 16.8 Å². The Morgan fingerprint density at radius 2 is 1.88 bits per heavy atom. The van der Waals surface area contributed by atoms with Gasteiger partial charge < -0.3 is 5.32 Å². The molecule has 0 saturated carbocycles. The molecule has 1 heterocycles. The molecular formula is C21H23N3O2. The highest BCUT2D eigenvalue weighted by atomic mass is 16.2. The summed E-state index contributed by atoms with van der Waals surface area (Å²) in [4.78, 5) is 29.3. The van der Waals surface area contributed by atoms with Crippen LogP contribution in [0.4, 0.5) is 0 Å². The lowest BCUT2D eigenvalue weighted by Crippen LogP contribution is -2.34. The maximum Gasteiger partial charge on any atom is 0.261 e. The zero-order valence-corrected chi connectivity index (χ0v) is 15.5. The van der Waals surface area contributed by atoms with E-state index in [1.54, 1.807) is 6.07 Å². The van der Waals surface area contributed by atoms with Crippen molar-refractivity contribution < 1.29 is 4.79 Å².